The minimum Gasteiger partial charge on any atom is -0.497 e. The van der Waals surface area contributed by atoms with Gasteiger partial charge < -0.3 is 15.2 Å². The molecular weight excluding hydrogens is 282 g/mol. The molecule has 0 spiro atoms. The third-order valence-corrected chi connectivity index (χ3v) is 3.47. The van der Waals surface area contributed by atoms with Gasteiger partial charge in [0.15, 0.2) is 0 Å². The molecule has 1 heterocycles. The third kappa shape index (κ3) is 2.96. The topological polar surface area (TPSA) is 79.4 Å². The lowest BCUT2D eigenvalue weighted by Gasteiger charge is -2.14. The van der Waals surface area contributed by atoms with E-state index in [4.69, 9.17) is 15.2 Å². The quantitative estimate of drug-likeness (QED) is 0.913. The number of rotatable bonds is 5. The first-order chi connectivity index (χ1) is 10.5. The minimum atomic E-state index is -0.372. The first-order valence-electron chi connectivity index (χ1n) is 7.11. The van der Waals surface area contributed by atoms with Crippen LogP contribution in [-0.4, -0.2) is 24.0 Å². The summed E-state index contributed by atoms with van der Waals surface area (Å²) in [5.74, 6) is 1.35. The zero-order valence-corrected chi connectivity index (χ0v) is 13.3. The Labute approximate surface area is 129 Å². The zero-order chi connectivity index (χ0) is 16.3. The third-order valence-electron chi connectivity index (χ3n) is 3.47. The van der Waals surface area contributed by atoms with Crippen molar-refractivity contribution in [2.45, 2.75) is 26.4 Å². The number of methoxy groups -OCH3 is 2. The molecule has 2 N–H and O–H groups in total. The Kier molecular flexibility index (Phi) is 4.82. The monoisotopic (exact) mass is 303 g/mol. The number of ether oxygens (including phenoxy) is 2. The molecule has 1 aromatic carbocycles. The van der Waals surface area contributed by atoms with Gasteiger partial charge in [0.05, 0.1) is 19.9 Å². The molecule has 1 unspecified atom stereocenters. The number of benzene rings is 1. The van der Waals surface area contributed by atoms with Crippen LogP contribution in [0.4, 0.5) is 0 Å². The van der Waals surface area contributed by atoms with Crippen molar-refractivity contribution in [3.8, 4) is 22.8 Å². The Bertz CT molecular complexity index is 723. The maximum atomic E-state index is 12.3. The molecule has 0 amide bonds. The van der Waals surface area contributed by atoms with Gasteiger partial charge in [0.2, 0.25) is 0 Å². The van der Waals surface area contributed by atoms with Crippen LogP contribution in [0.25, 0.3) is 11.3 Å². The summed E-state index contributed by atoms with van der Waals surface area (Å²) in [6.45, 7) is 4.12. The summed E-state index contributed by atoms with van der Waals surface area (Å²) >= 11 is 0. The van der Waals surface area contributed by atoms with E-state index >= 15 is 0 Å². The second kappa shape index (κ2) is 6.62. The molecule has 6 heteroatoms. The Morgan fingerprint density at radius 2 is 2.00 bits per heavy atom. The fourth-order valence-corrected chi connectivity index (χ4v) is 2.25. The highest BCUT2D eigenvalue weighted by Gasteiger charge is 2.15. The van der Waals surface area contributed by atoms with Crippen molar-refractivity contribution in [1.82, 2.24) is 9.78 Å². The van der Waals surface area contributed by atoms with Crippen molar-refractivity contribution in [3.63, 3.8) is 0 Å². The first kappa shape index (κ1) is 16.0. The molecule has 6 nitrogen and oxygen atoms in total. The van der Waals surface area contributed by atoms with E-state index in [0.717, 1.165) is 5.56 Å². The summed E-state index contributed by atoms with van der Waals surface area (Å²) in [5.41, 5.74) is 7.66. The Hall–Kier alpha value is -2.34. The molecule has 0 aliphatic rings. The van der Waals surface area contributed by atoms with E-state index in [2.05, 4.69) is 5.10 Å². The fourth-order valence-electron chi connectivity index (χ4n) is 2.25. The van der Waals surface area contributed by atoms with Gasteiger partial charge >= 0.3 is 0 Å². The van der Waals surface area contributed by atoms with Gasteiger partial charge in [-0.3, -0.25) is 4.79 Å². The number of nitrogens with two attached hydrogens (primary N) is 1. The van der Waals surface area contributed by atoms with Crippen LogP contribution in [0.15, 0.2) is 29.1 Å². The van der Waals surface area contributed by atoms with Gasteiger partial charge in [0.1, 0.15) is 11.5 Å². The van der Waals surface area contributed by atoms with Gasteiger partial charge in [0, 0.05) is 23.7 Å². The van der Waals surface area contributed by atoms with Gasteiger partial charge in [-0.1, -0.05) is 0 Å². The van der Waals surface area contributed by atoms with Crippen LogP contribution in [0, 0.1) is 0 Å². The summed E-state index contributed by atoms with van der Waals surface area (Å²) in [5, 5.41) is 4.40. The number of hydrogen-bond acceptors (Lipinski definition) is 5. The molecule has 1 aromatic heterocycles. The van der Waals surface area contributed by atoms with Crippen molar-refractivity contribution in [1.29, 1.82) is 0 Å². The van der Waals surface area contributed by atoms with E-state index in [0.29, 0.717) is 29.3 Å². The predicted molar refractivity (Wildman–Crippen MR) is 85.3 cm³/mol. The number of nitrogens with zero attached hydrogens (tertiary/aromatic N) is 2. The van der Waals surface area contributed by atoms with Gasteiger partial charge in [-0.05, 0) is 38.1 Å². The standard InChI is InChI=1S/C16H21N3O3/c1-5-19-16(20)12(10(2)17)9-14(18-19)13-8-11(21-3)6-7-15(13)22-4/h6-10H,5,17H2,1-4H3. The smallest absolute Gasteiger partial charge is 0.271 e. The Balaban J connectivity index is 2.71. The van der Waals surface area contributed by atoms with Gasteiger partial charge in [0.25, 0.3) is 5.56 Å². The average molecular weight is 303 g/mol. The predicted octanol–water partition coefficient (Wildman–Crippen LogP) is 1.97. The van der Waals surface area contributed by atoms with E-state index in [9.17, 15) is 4.79 Å². The van der Waals surface area contributed by atoms with Gasteiger partial charge in [-0.25, -0.2) is 4.68 Å². The molecule has 2 rings (SSSR count). The van der Waals surface area contributed by atoms with E-state index < -0.39 is 0 Å². The molecule has 0 radical (unpaired) electrons. The van der Waals surface area contributed by atoms with Crippen molar-refractivity contribution < 1.29 is 9.47 Å². The average Bonchev–Trinajstić information content (AvgIpc) is 2.54. The summed E-state index contributed by atoms with van der Waals surface area (Å²) in [6.07, 6.45) is 0. The van der Waals surface area contributed by atoms with Crippen molar-refractivity contribution in [2.24, 2.45) is 5.73 Å². The zero-order valence-electron chi connectivity index (χ0n) is 13.3. The van der Waals surface area contributed by atoms with Gasteiger partial charge in [-0.2, -0.15) is 5.10 Å². The van der Waals surface area contributed by atoms with Crippen LogP contribution in [-0.2, 0) is 6.54 Å². The van der Waals surface area contributed by atoms with Crippen LogP contribution < -0.4 is 20.8 Å². The van der Waals surface area contributed by atoms with Crippen molar-refractivity contribution >= 4 is 0 Å². The minimum absolute atomic E-state index is 0.164. The molecule has 0 aliphatic carbocycles. The van der Waals surface area contributed by atoms with Crippen molar-refractivity contribution in [3.05, 3.63) is 40.2 Å². The maximum Gasteiger partial charge on any atom is 0.271 e. The lowest BCUT2D eigenvalue weighted by atomic mass is 10.1. The second-order valence-corrected chi connectivity index (χ2v) is 4.96. The van der Waals surface area contributed by atoms with Crippen molar-refractivity contribution in [2.75, 3.05) is 14.2 Å². The summed E-state index contributed by atoms with van der Waals surface area (Å²) in [4.78, 5) is 12.3. The molecular formula is C16H21N3O3. The van der Waals surface area contributed by atoms with Crippen LogP contribution in [0.1, 0.15) is 25.5 Å². The highest BCUT2D eigenvalue weighted by Crippen LogP contribution is 2.32. The molecule has 2 aromatic rings. The van der Waals surface area contributed by atoms with E-state index in [1.54, 1.807) is 27.2 Å². The largest absolute Gasteiger partial charge is 0.497 e. The van der Waals surface area contributed by atoms with Crippen LogP contribution >= 0.6 is 0 Å². The van der Waals surface area contributed by atoms with Crippen LogP contribution in [0.3, 0.4) is 0 Å². The highest BCUT2D eigenvalue weighted by atomic mass is 16.5. The molecule has 22 heavy (non-hydrogen) atoms. The van der Waals surface area contributed by atoms with E-state index in [1.807, 2.05) is 25.1 Å². The number of aryl methyl sites for hydroxylation is 1. The summed E-state index contributed by atoms with van der Waals surface area (Å²) in [6, 6.07) is 6.80. The maximum absolute atomic E-state index is 12.3. The highest BCUT2D eigenvalue weighted by molar-refractivity contribution is 5.69. The molecule has 0 fully saturated rings. The number of hydrogen-bond donors (Lipinski definition) is 1. The van der Waals surface area contributed by atoms with E-state index in [-0.39, 0.29) is 11.6 Å². The molecule has 0 bridgehead atoms. The van der Waals surface area contributed by atoms with E-state index in [1.165, 1.54) is 4.68 Å². The molecule has 0 saturated carbocycles. The van der Waals surface area contributed by atoms with Gasteiger partial charge in [-0.15, -0.1) is 0 Å². The lowest BCUT2D eigenvalue weighted by Crippen LogP contribution is -2.29. The van der Waals surface area contributed by atoms with Crippen LogP contribution in [0.5, 0.6) is 11.5 Å². The Morgan fingerprint density at radius 3 is 2.55 bits per heavy atom. The second-order valence-electron chi connectivity index (χ2n) is 4.96. The molecule has 1 atom stereocenters. The fraction of sp³-hybridized carbons (Fsp3) is 0.375. The van der Waals surface area contributed by atoms with Crippen LogP contribution in [0.2, 0.25) is 0 Å². The first-order valence-corrected chi connectivity index (χ1v) is 7.11. The number of aromatic nitrogens is 2. The summed E-state index contributed by atoms with van der Waals surface area (Å²) in [7, 11) is 3.19. The molecule has 0 saturated heterocycles. The summed E-state index contributed by atoms with van der Waals surface area (Å²) < 4.78 is 12.1. The normalized spacial score (nSPS) is 12.0. The SMILES string of the molecule is CCn1nc(-c2cc(OC)ccc2OC)cc(C(C)N)c1=O. The molecule has 118 valence electrons. The Morgan fingerprint density at radius 1 is 1.27 bits per heavy atom. The molecule has 0 aliphatic heterocycles. The lowest BCUT2D eigenvalue weighted by molar-refractivity contribution is 0.404.